The first-order chi connectivity index (χ1) is 14.5. The summed E-state index contributed by atoms with van der Waals surface area (Å²) in [5.74, 6) is 1.67. The van der Waals surface area contributed by atoms with Crippen molar-refractivity contribution < 1.29 is 17.9 Å². The van der Waals surface area contributed by atoms with Gasteiger partial charge in [-0.25, -0.2) is 8.42 Å². The quantitative estimate of drug-likeness (QED) is 0.684. The van der Waals surface area contributed by atoms with Crippen molar-refractivity contribution in [3.63, 3.8) is 0 Å². The molecule has 1 amide bonds. The summed E-state index contributed by atoms with van der Waals surface area (Å²) >= 11 is 0. The molecule has 1 atom stereocenters. The number of ether oxygens (including phenoxy) is 1. The molecule has 1 saturated heterocycles. The maximum Gasteiger partial charge on any atom is 0.255 e. The third kappa shape index (κ3) is 4.52. The molecule has 5 rings (SSSR count). The van der Waals surface area contributed by atoms with Gasteiger partial charge in [0.25, 0.3) is 5.91 Å². The molecule has 6 nitrogen and oxygen atoms in total. The lowest BCUT2D eigenvalue weighted by atomic mass is 10.0. The minimum absolute atomic E-state index is 0.186. The van der Waals surface area contributed by atoms with Gasteiger partial charge in [-0.3, -0.25) is 9.69 Å². The summed E-state index contributed by atoms with van der Waals surface area (Å²) in [6, 6.07) is 3.67. The fourth-order valence-electron chi connectivity index (χ4n) is 4.80. The Labute approximate surface area is 179 Å². The number of amides is 1. The molecule has 1 unspecified atom stereocenters. The number of carbonyl (C=O) groups excluding carboxylic acids is 1. The Bertz CT molecular complexity index is 921. The highest BCUT2D eigenvalue weighted by Gasteiger charge is 2.33. The second-order valence-corrected chi connectivity index (χ2v) is 11.6. The summed E-state index contributed by atoms with van der Waals surface area (Å²) in [7, 11) is -3.38. The fourth-order valence-corrected chi connectivity index (χ4v) is 6.56. The maximum absolute atomic E-state index is 13.1. The molecular formula is C23H32N2O4S. The number of nitrogens with zero attached hydrogens (tertiary/aromatic N) is 1. The van der Waals surface area contributed by atoms with Crippen molar-refractivity contribution in [3.8, 4) is 5.75 Å². The van der Waals surface area contributed by atoms with Crippen LogP contribution in [-0.2, 0) is 16.3 Å². The summed E-state index contributed by atoms with van der Waals surface area (Å²) < 4.78 is 31.6. The molecule has 2 aliphatic heterocycles. The Balaban J connectivity index is 1.34. The number of likely N-dealkylation sites (tertiary alicyclic amines) is 1. The van der Waals surface area contributed by atoms with E-state index in [4.69, 9.17) is 4.74 Å². The van der Waals surface area contributed by atoms with E-state index in [9.17, 15) is 13.2 Å². The van der Waals surface area contributed by atoms with Gasteiger partial charge in [-0.05, 0) is 87.4 Å². The van der Waals surface area contributed by atoms with Crippen molar-refractivity contribution in [2.75, 3.05) is 32.0 Å². The molecule has 3 fully saturated rings. The van der Waals surface area contributed by atoms with E-state index in [1.807, 2.05) is 0 Å². The Morgan fingerprint density at radius 3 is 2.67 bits per heavy atom. The number of hydrogen-bond donors (Lipinski definition) is 1. The van der Waals surface area contributed by atoms with Gasteiger partial charge in [0.05, 0.1) is 22.8 Å². The first-order valence-corrected chi connectivity index (χ1v) is 13.2. The fraction of sp³-hybridized carbons (Fsp3) is 0.696. The number of benzene rings is 1. The molecule has 7 heteroatoms. The molecule has 2 aliphatic carbocycles. The van der Waals surface area contributed by atoms with Crippen molar-refractivity contribution >= 4 is 15.7 Å². The van der Waals surface area contributed by atoms with E-state index in [1.165, 1.54) is 19.3 Å². The lowest BCUT2D eigenvalue weighted by molar-refractivity contribution is 0.0934. The molecule has 2 heterocycles. The van der Waals surface area contributed by atoms with Crippen molar-refractivity contribution in [1.82, 2.24) is 10.2 Å². The van der Waals surface area contributed by atoms with Gasteiger partial charge in [0.2, 0.25) is 0 Å². The molecule has 0 bridgehead atoms. The highest BCUT2D eigenvalue weighted by atomic mass is 32.2. The van der Waals surface area contributed by atoms with E-state index in [2.05, 4.69) is 10.2 Å². The zero-order valence-corrected chi connectivity index (χ0v) is 18.4. The molecule has 1 aromatic carbocycles. The van der Waals surface area contributed by atoms with Crippen molar-refractivity contribution in [2.45, 2.75) is 62.3 Å². The summed E-state index contributed by atoms with van der Waals surface area (Å²) in [6.07, 6.45) is 8.53. The van der Waals surface area contributed by atoms with Crippen LogP contribution in [0.15, 0.2) is 17.0 Å². The van der Waals surface area contributed by atoms with E-state index in [0.717, 1.165) is 56.7 Å². The van der Waals surface area contributed by atoms with Crippen LogP contribution < -0.4 is 10.1 Å². The van der Waals surface area contributed by atoms with Gasteiger partial charge >= 0.3 is 0 Å². The van der Waals surface area contributed by atoms with Crippen LogP contribution in [-0.4, -0.2) is 57.3 Å². The average Bonchev–Trinajstić information content (AvgIpc) is 3.66. The molecular weight excluding hydrogens is 400 g/mol. The monoisotopic (exact) mass is 432 g/mol. The van der Waals surface area contributed by atoms with Gasteiger partial charge in [-0.1, -0.05) is 0 Å². The molecule has 4 aliphatic rings. The Morgan fingerprint density at radius 1 is 1.10 bits per heavy atom. The highest BCUT2D eigenvalue weighted by molar-refractivity contribution is 7.91. The van der Waals surface area contributed by atoms with Gasteiger partial charge in [0.15, 0.2) is 9.84 Å². The maximum atomic E-state index is 13.1. The molecule has 0 aromatic heterocycles. The topological polar surface area (TPSA) is 75.7 Å². The SMILES string of the molecule is O=C(NCC1CCCN1CC1CC1)c1cc(S(=O)(=O)CC2CC2)cc2c1OCCC2. The highest BCUT2D eigenvalue weighted by Crippen LogP contribution is 2.36. The largest absolute Gasteiger partial charge is 0.492 e. The van der Waals surface area contributed by atoms with Crippen molar-refractivity contribution in [2.24, 2.45) is 11.8 Å². The minimum Gasteiger partial charge on any atom is -0.492 e. The average molecular weight is 433 g/mol. The first kappa shape index (κ1) is 20.3. The summed E-state index contributed by atoms with van der Waals surface area (Å²) in [5, 5.41) is 3.09. The van der Waals surface area contributed by atoms with Gasteiger partial charge in [0.1, 0.15) is 5.75 Å². The number of hydrogen-bond acceptors (Lipinski definition) is 5. The summed E-state index contributed by atoms with van der Waals surface area (Å²) in [4.78, 5) is 15.9. The predicted molar refractivity (Wildman–Crippen MR) is 115 cm³/mol. The van der Waals surface area contributed by atoms with Gasteiger partial charge in [0, 0.05) is 19.1 Å². The molecule has 0 spiro atoms. The van der Waals surface area contributed by atoms with Gasteiger partial charge in [-0.15, -0.1) is 0 Å². The third-order valence-electron chi connectivity index (χ3n) is 6.92. The Hall–Kier alpha value is -1.60. The van der Waals surface area contributed by atoms with Crippen LogP contribution in [0.5, 0.6) is 5.75 Å². The zero-order valence-electron chi connectivity index (χ0n) is 17.6. The van der Waals surface area contributed by atoms with E-state index in [0.29, 0.717) is 30.5 Å². The van der Waals surface area contributed by atoms with Crippen molar-refractivity contribution in [1.29, 1.82) is 0 Å². The first-order valence-electron chi connectivity index (χ1n) is 11.5. The van der Waals surface area contributed by atoms with Gasteiger partial charge in [-0.2, -0.15) is 0 Å². The number of fused-ring (bicyclic) bond motifs is 1. The molecule has 164 valence electrons. The smallest absolute Gasteiger partial charge is 0.255 e. The normalized spacial score (nSPS) is 24.3. The van der Waals surface area contributed by atoms with Crippen LogP contribution in [0, 0.1) is 11.8 Å². The van der Waals surface area contributed by atoms with Crippen molar-refractivity contribution in [3.05, 3.63) is 23.3 Å². The third-order valence-corrected chi connectivity index (χ3v) is 8.78. The number of sulfone groups is 1. The number of carbonyl (C=O) groups is 1. The second-order valence-electron chi connectivity index (χ2n) is 9.58. The Morgan fingerprint density at radius 2 is 1.90 bits per heavy atom. The van der Waals surface area contributed by atoms with E-state index in [1.54, 1.807) is 12.1 Å². The molecule has 2 saturated carbocycles. The number of aryl methyl sites for hydroxylation is 1. The van der Waals surface area contributed by atoms with E-state index in [-0.39, 0.29) is 22.5 Å². The van der Waals surface area contributed by atoms with Crippen LogP contribution >= 0.6 is 0 Å². The van der Waals surface area contributed by atoms with Crippen LogP contribution in [0.3, 0.4) is 0 Å². The van der Waals surface area contributed by atoms with Crippen LogP contribution in [0.1, 0.15) is 60.9 Å². The zero-order chi connectivity index (χ0) is 20.7. The van der Waals surface area contributed by atoms with E-state index >= 15 is 0 Å². The minimum atomic E-state index is -3.38. The molecule has 0 radical (unpaired) electrons. The summed E-state index contributed by atoms with van der Waals surface area (Å²) in [6.45, 7) is 3.44. The molecule has 1 N–H and O–H groups in total. The Kier molecular flexibility index (Phi) is 5.52. The predicted octanol–water partition coefficient (Wildman–Crippen LogP) is 2.80. The lowest BCUT2D eigenvalue weighted by Crippen LogP contribution is -2.41. The lowest BCUT2D eigenvalue weighted by Gasteiger charge is -2.25. The standard InChI is InChI=1S/C23H32N2O4S/c26-23(24-13-19-4-1-9-25(19)14-16-5-6-16)21-12-20(30(27,28)15-17-7-8-17)11-18-3-2-10-29-22(18)21/h11-12,16-17,19H,1-10,13-15H2,(H,24,26). The number of nitrogens with one attached hydrogen (secondary N) is 1. The van der Waals surface area contributed by atoms with Crippen LogP contribution in [0.4, 0.5) is 0 Å². The molecule has 30 heavy (non-hydrogen) atoms. The second kappa shape index (κ2) is 8.15. The molecule has 1 aromatic rings. The van der Waals surface area contributed by atoms with Crippen LogP contribution in [0.25, 0.3) is 0 Å². The van der Waals surface area contributed by atoms with E-state index < -0.39 is 9.84 Å². The van der Waals surface area contributed by atoms with Crippen LogP contribution in [0.2, 0.25) is 0 Å². The summed E-state index contributed by atoms with van der Waals surface area (Å²) in [5.41, 5.74) is 1.23. The number of rotatable bonds is 8. The van der Waals surface area contributed by atoms with Gasteiger partial charge < -0.3 is 10.1 Å².